The lowest BCUT2D eigenvalue weighted by Crippen LogP contribution is -2.06. The number of nitro groups is 1. The Bertz CT molecular complexity index is 146. The van der Waals surface area contributed by atoms with E-state index in [4.69, 9.17) is 4.74 Å². The van der Waals surface area contributed by atoms with Crippen LogP contribution < -0.4 is 5.32 Å². The SMILES string of the molecule is O=[N+]([O-])/C=C1\NCCO1. The molecule has 0 unspecified atom stereocenters. The van der Waals surface area contributed by atoms with Gasteiger partial charge in [-0.25, -0.2) is 0 Å². The van der Waals surface area contributed by atoms with E-state index in [1.54, 1.807) is 0 Å². The summed E-state index contributed by atoms with van der Waals surface area (Å²) in [7, 11) is 0. The summed E-state index contributed by atoms with van der Waals surface area (Å²) in [5, 5.41) is 12.4. The Kier molecular flexibility index (Phi) is 1.53. The van der Waals surface area contributed by atoms with Gasteiger partial charge in [0.05, 0.1) is 11.5 Å². The Hall–Kier alpha value is -1.26. The molecule has 1 aliphatic rings. The monoisotopic (exact) mass is 130 g/mol. The fourth-order valence-electron chi connectivity index (χ4n) is 0.565. The van der Waals surface area contributed by atoms with Gasteiger partial charge < -0.3 is 10.1 Å². The highest BCUT2D eigenvalue weighted by molar-refractivity contribution is 4.87. The summed E-state index contributed by atoms with van der Waals surface area (Å²) < 4.78 is 4.77. The normalized spacial score (nSPS) is 21.1. The van der Waals surface area contributed by atoms with E-state index in [0.29, 0.717) is 13.2 Å². The van der Waals surface area contributed by atoms with Crippen LogP contribution in [0.2, 0.25) is 0 Å². The van der Waals surface area contributed by atoms with Crippen LogP contribution in [0.25, 0.3) is 0 Å². The number of rotatable bonds is 1. The molecule has 0 aromatic rings. The zero-order valence-electron chi connectivity index (χ0n) is 4.66. The Balaban J connectivity index is 2.49. The molecule has 0 saturated carbocycles. The van der Waals surface area contributed by atoms with Gasteiger partial charge in [0.1, 0.15) is 6.61 Å². The van der Waals surface area contributed by atoms with Crippen LogP contribution in [0.1, 0.15) is 0 Å². The van der Waals surface area contributed by atoms with E-state index in [1.165, 1.54) is 0 Å². The van der Waals surface area contributed by atoms with Crippen molar-refractivity contribution in [2.75, 3.05) is 13.2 Å². The molecular formula is C4H6N2O3. The summed E-state index contributed by atoms with van der Waals surface area (Å²) in [5.74, 6) is 0.250. The maximum Gasteiger partial charge on any atom is 0.293 e. The fourth-order valence-corrected chi connectivity index (χ4v) is 0.565. The summed E-state index contributed by atoms with van der Waals surface area (Å²) >= 11 is 0. The van der Waals surface area contributed by atoms with E-state index in [1.807, 2.05) is 0 Å². The first-order valence-electron chi connectivity index (χ1n) is 2.51. The average molecular weight is 130 g/mol. The molecule has 0 radical (unpaired) electrons. The van der Waals surface area contributed by atoms with Crippen LogP contribution in [0.15, 0.2) is 12.1 Å². The van der Waals surface area contributed by atoms with E-state index in [0.717, 1.165) is 6.20 Å². The molecule has 1 N–H and O–H groups in total. The van der Waals surface area contributed by atoms with Crippen molar-refractivity contribution in [3.8, 4) is 0 Å². The Morgan fingerprint density at radius 2 is 2.67 bits per heavy atom. The van der Waals surface area contributed by atoms with Crippen molar-refractivity contribution in [2.24, 2.45) is 0 Å². The van der Waals surface area contributed by atoms with Crippen LogP contribution in [0.4, 0.5) is 0 Å². The van der Waals surface area contributed by atoms with Crippen molar-refractivity contribution in [1.82, 2.24) is 5.32 Å². The van der Waals surface area contributed by atoms with Crippen molar-refractivity contribution in [3.63, 3.8) is 0 Å². The number of nitrogens with one attached hydrogen (secondary N) is 1. The lowest BCUT2D eigenvalue weighted by atomic mass is 10.7. The molecule has 0 aromatic heterocycles. The minimum atomic E-state index is -0.548. The predicted molar refractivity (Wildman–Crippen MR) is 29.0 cm³/mol. The van der Waals surface area contributed by atoms with E-state index in [2.05, 4.69) is 5.32 Å². The zero-order chi connectivity index (χ0) is 6.69. The van der Waals surface area contributed by atoms with Crippen molar-refractivity contribution in [2.45, 2.75) is 0 Å². The topological polar surface area (TPSA) is 64.4 Å². The van der Waals surface area contributed by atoms with Gasteiger partial charge in [-0.15, -0.1) is 0 Å². The van der Waals surface area contributed by atoms with Gasteiger partial charge in [-0.3, -0.25) is 10.1 Å². The minimum absolute atomic E-state index is 0.250. The highest BCUT2D eigenvalue weighted by Crippen LogP contribution is 1.97. The molecular weight excluding hydrogens is 124 g/mol. The third kappa shape index (κ3) is 1.60. The fraction of sp³-hybridized carbons (Fsp3) is 0.500. The molecule has 1 rings (SSSR count). The van der Waals surface area contributed by atoms with Crippen molar-refractivity contribution >= 4 is 0 Å². The largest absolute Gasteiger partial charge is 0.473 e. The maximum atomic E-state index is 9.76. The molecule has 0 spiro atoms. The highest BCUT2D eigenvalue weighted by atomic mass is 16.6. The molecule has 0 amide bonds. The second kappa shape index (κ2) is 2.34. The van der Waals surface area contributed by atoms with Gasteiger partial charge in [-0.05, 0) is 0 Å². The van der Waals surface area contributed by atoms with Gasteiger partial charge in [-0.2, -0.15) is 0 Å². The summed E-state index contributed by atoms with van der Waals surface area (Å²) in [5.41, 5.74) is 0. The Morgan fingerprint density at radius 1 is 1.89 bits per heavy atom. The molecule has 1 aliphatic heterocycles. The second-order valence-corrected chi connectivity index (χ2v) is 1.55. The zero-order valence-corrected chi connectivity index (χ0v) is 4.66. The van der Waals surface area contributed by atoms with Crippen LogP contribution in [0.3, 0.4) is 0 Å². The Morgan fingerprint density at radius 3 is 3.11 bits per heavy atom. The lowest BCUT2D eigenvalue weighted by molar-refractivity contribution is -0.405. The van der Waals surface area contributed by atoms with Crippen molar-refractivity contribution < 1.29 is 9.66 Å². The first kappa shape index (κ1) is 5.87. The first-order chi connectivity index (χ1) is 4.29. The Labute approximate surface area is 51.5 Å². The van der Waals surface area contributed by atoms with Crippen molar-refractivity contribution in [1.29, 1.82) is 0 Å². The van der Waals surface area contributed by atoms with E-state index < -0.39 is 4.92 Å². The molecule has 1 heterocycles. The summed E-state index contributed by atoms with van der Waals surface area (Å²) in [6.45, 7) is 1.17. The number of ether oxygens (including phenoxy) is 1. The quantitative estimate of drug-likeness (QED) is 0.390. The second-order valence-electron chi connectivity index (χ2n) is 1.55. The number of hydrogen-bond acceptors (Lipinski definition) is 4. The third-order valence-electron chi connectivity index (χ3n) is 0.882. The molecule has 50 valence electrons. The number of hydrogen-bond donors (Lipinski definition) is 1. The van der Waals surface area contributed by atoms with E-state index in [-0.39, 0.29) is 5.88 Å². The summed E-state index contributed by atoms with van der Waals surface area (Å²) in [4.78, 5) is 9.22. The summed E-state index contributed by atoms with van der Waals surface area (Å²) in [6.07, 6.45) is 0.812. The van der Waals surface area contributed by atoms with Gasteiger partial charge in [0.15, 0.2) is 0 Å². The summed E-state index contributed by atoms with van der Waals surface area (Å²) in [6, 6.07) is 0. The first-order valence-corrected chi connectivity index (χ1v) is 2.51. The van der Waals surface area contributed by atoms with Gasteiger partial charge in [0.25, 0.3) is 12.1 Å². The maximum absolute atomic E-state index is 9.76. The molecule has 0 aromatic carbocycles. The van der Waals surface area contributed by atoms with Gasteiger partial charge >= 0.3 is 0 Å². The minimum Gasteiger partial charge on any atom is -0.473 e. The molecule has 0 atom stereocenters. The highest BCUT2D eigenvalue weighted by Gasteiger charge is 2.08. The van der Waals surface area contributed by atoms with Crippen LogP contribution in [-0.2, 0) is 4.74 Å². The van der Waals surface area contributed by atoms with Crippen LogP contribution in [0.5, 0.6) is 0 Å². The van der Waals surface area contributed by atoms with Gasteiger partial charge in [0.2, 0.25) is 0 Å². The van der Waals surface area contributed by atoms with E-state index in [9.17, 15) is 10.1 Å². The lowest BCUT2D eigenvalue weighted by Gasteiger charge is -1.90. The van der Waals surface area contributed by atoms with Crippen LogP contribution >= 0.6 is 0 Å². The predicted octanol–water partition coefficient (Wildman–Crippen LogP) is -0.318. The molecule has 0 aliphatic carbocycles. The molecule has 9 heavy (non-hydrogen) atoms. The smallest absolute Gasteiger partial charge is 0.293 e. The molecule has 1 fully saturated rings. The average Bonchev–Trinajstić information content (AvgIpc) is 2.15. The van der Waals surface area contributed by atoms with E-state index >= 15 is 0 Å². The van der Waals surface area contributed by atoms with Gasteiger partial charge in [-0.1, -0.05) is 0 Å². The molecule has 5 heteroatoms. The molecule has 5 nitrogen and oxygen atoms in total. The molecule has 1 saturated heterocycles. The number of nitrogens with zero attached hydrogens (tertiary/aromatic N) is 1. The van der Waals surface area contributed by atoms with Crippen LogP contribution in [-0.4, -0.2) is 18.1 Å². The molecule has 0 bridgehead atoms. The third-order valence-corrected chi connectivity index (χ3v) is 0.882. The van der Waals surface area contributed by atoms with Crippen LogP contribution in [0, 0.1) is 10.1 Å². The van der Waals surface area contributed by atoms with Crippen molar-refractivity contribution in [3.05, 3.63) is 22.2 Å². The standard InChI is InChI=1S/C4H6N2O3/c7-6(8)3-4-5-1-2-9-4/h3,5H,1-2H2/b4-3+. The van der Waals surface area contributed by atoms with Gasteiger partial charge in [0, 0.05) is 0 Å².